The number of carbonyl (C=O) groups excluding carboxylic acids is 3. The normalized spacial score (nSPS) is 23.4. The molecule has 1 N–H and O–H groups in total. The van der Waals surface area contributed by atoms with Crippen molar-refractivity contribution in [1.29, 1.82) is 0 Å². The van der Waals surface area contributed by atoms with Crippen LogP contribution in [-0.4, -0.2) is 54.6 Å². The largest absolute Gasteiger partial charge is 0.376 e. The molecule has 2 aliphatic rings. The lowest BCUT2D eigenvalue weighted by molar-refractivity contribution is -0.132. The Balaban J connectivity index is 1.63. The first-order valence-corrected chi connectivity index (χ1v) is 8.57. The van der Waals surface area contributed by atoms with E-state index in [1.807, 2.05) is 19.1 Å². The fraction of sp³-hybridized carbons (Fsp3) is 0.500. The maximum atomic E-state index is 12.6. The molecule has 134 valence electrons. The van der Waals surface area contributed by atoms with Gasteiger partial charge in [-0.15, -0.1) is 0 Å². The van der Waals surface area contributed by atoms with E-state index in [9.17, 15) is 14.4 Å². The number of carbonyl (C=O) groups is 3. The molecule has 0 bridgehead atoms. The Hall–Kier alpha value is -2.41. The molecule has 0 radical (unpaired) electrons. The van der Waals surface area contributed by atoms with Crippen molar-refractivity contribution in [3.8, 4) is 0 Å². The van der Waals surface area contributed by atoms with E-state index in [1.54, 1.807) is 19.1 Å². The van der Waals surface area contributed by atoms with Gasteiger partial charge in [0.1, 0.15) is 12.6 Å². The fourth-order valence-electron chi connectivity index (χ4n) is 3.14. The first-order chi connectivity index (χ1) is 12.0. The highest BCUT2D eigenvalue weighted by molar-refractivity contribution is 6.15. The van der Waals surface area contributed by atoms with Gasteiger partial charge in [-0.3, -0.25) is 19.4 Å². The maximum absolute atomic E-state index is 12.6. The zero-order chi connectivity index (χ0) is 18.0. The lowest BCUT2D eigenvalue weighted by atomic mass is 10.2. The number of urea groups is 1. The number of aryl methyl sites for hydroxylation is 1. The van der Waals surface area contributed by atoms with Crippen molar-refractivity contribution in [2.75, 3.05) is 24.6 Å². The highest BCUT2D eigenvalue weighted by atomic mass is 16.5. The van der Waals surface area contributed by atoms with Crippen LogP contribution in [-0.2, 0) is 14.3 Å². The maximum Gasteiger partial charge on any atom is 0.332 e. The third kappa shape index (κ3) is 3.66. The van der Waals surface area contributed by atoms with Gasteiger partial charge in [-0.05, 0) is 38.8 Å². The van der Waals surface area contributed by atoms with Crippen LogP contribution in [0.1, 0.15) is 25.3 Å². The minimum absolute atomic E-state index is 0.0249. The summed E-state index contributed by atoms with van der Waals surface area (Å²) in [6.45, 7) is 4.48. The number of anilines is 1. The van der Waals surface area contributed by atoms with E-state index in [0.29, 0.717) is 18.8 Å². The van der Waals surface area contributed by atoms with Crippen LogP contribution in [0.4, 0.5) is 10.5 Å². The second kappa shape index (κ2) is 7.23. The van der Waals surface area contributed by atoms with Crippen molar-refractivity contribution in [2.45, 2.75) is 38.8 Å². The minimum atomic E-state index is -0.624. The SMILES string of the molecule is Cc1ccc(N2C(=O)N(CC(=O)NC[C@@H]3CCCO3)C(=O)[C@@H]2C)cc1. The van der Waals surface area contributed by atoms with Crippen LogP contribution in [0.3, 0.4) is 0 Å². The molecule has 1 aromatic carbocycles. The number of amides is 4. The zero-order valence-electron chi connectivity index (χ0n) is 14.5. The summed E-state index contributed by atoms with van der Waals surface area (Å²) >= 11 is 0. The molecule has 2 aliphatic heterocycles. The summed E-state index contributed by atoms with van der Waals surface area (Å²) in [6, 6.07) is 6.29. The molecular formula is C18H23N3O4. The third-order valence-corrected chi connectivity index (χ3v) is 4.61. The van der Waals surface area contributed by atoms with Gasteiger partial charge in [0.15, 0.2) is 0 Å². The number of imide groups is 1. The van der Waals surface area contributed by atoms with Gasteiger partial charge in [0.05, 0.1) is 6.10 Å². The van der Waals surface area contributed by atoms with E-state index < -0.39 is 12.1 Å². The number of ether oxygens (including phenoxy) is 1. The molecule has 7 heteroatoms. The van der Waals surface area contributed by atoms with Crippen molar-refractivity contribution in [2.24, 2.45) is 0 Å². The van der Waals surface area contributed by atoms with Crippen LogP contribution in [0.15, 0.2) is 24.3 Å². The fourth-order valence-corrected chi connectivity index (χ4v) is 3.14. The molecular weight excluding hydrogens is 322 g/mol. The molecule has 0 aromatic heterocycles. The second-order valence-corrected chi connectivity index (χ2v) is 6.53. The molecule has 2 saturated heterocycles. The number of hydrogen-bond acceptors (Lipinski definition) is 4. The average molecular weight is 345 g/mol. The molecule has 2 heterocycles. The van der Waals surface area contributed by atoms with Crippen LogP contribution < -0.4 is 10.2 Å². The molecule has 0 aliphatic carbocycles. The van der Waals surface area contributed by atoms with Gasteiger partial charge in [0.25, 0.3) is 5.91 Å². The molecule has 0 unspecified atom stereocenters. The minimum Gasteiger partial charge on any atom is -0.376 e. The monoisotopic (exact) mass is 345 g/mol. The van der Waals surface area contributed by atoms with Gasteiger partial charge in [0, 0.05) is 18.8 Å². The first kappa shape index (κ1) is 17.4. The quantitative estimate of drug-likeness (QED) is 0.819. The Morgan fingerprint density at radius 3 is 2.64 bits per heavy atom. The Labute approximate surface area is 146 Å². The smallest absolute Gasteiger partial charge is 0.332 e. The standard InChI is InChI=1S/C18H23N3O4/c1-12-5-7-14(8-6-12)21-13(2)17(23)20(18(21)24)11-16(22)19-10-15-4-3-9-25-15/h5-8,13,15H,3-4,9-11H2,1-2H3,(H,19,22)/t13-,15-/m0/s1. The average Bonchev–Trinajstić information content (AvgIpc) is 3.18. The number of nitrogens with zero attached hydrogens (tertiary/aromatic N) is 2. The number of nitrogens with one attached hydrogen (secondary N) is 1. The highest BCUT2D eigenvalue weighted by Crippen LogP contribution is 2.25. The van der Waals surface area contributed by atoms with E-state index in [-0.39, 0.29) is 24.5 Å². The van der Waals surface area contributed by atoms with Gasteiger partial charge in [-0.1, -0.05) is 17.7 Å². The topological polar surface area (TPSA) is 79.0 Å². The van der Waals surface area contributed by atoms with Gasteiger partial charge in [-0.25, -0.2) is 4.79 Å². The van der Waals surface area contributed by atoms with E-state index in [1.165, 1.54) is 4.90 Å². The van der Waals surface area contributed by atoms with Crippen LogP contribution in [0, 0.1) is 6.92 Å². The summed E-state index contributed by atoms with van der Waals surface area (Å²) < 4.78 is 5.45. The number of benzene rings is 1. The molecule has 4 amide bonds. The first-order valence-electron chi connectivity index (χ1n) is 8.57. The predicted octanol–water partition coefficient (Wildman–Crippen LogP) is 1.45. The predicted molar refractivity (Wildman–Crippen MR) is 92.2 cm³/mol. The molecule has 2 fully saturated rings. The zero-order valence-corrected chi connectivity index (χ0v) is 14.5. The van der Waals surface area contributed by atoms with Crippen molar-refractivity contribution in [1.82, 2.24) is 10.2 Å². The summed E-state index contributed by atoms with van der Waals surface area (Å²) in [6.07, 6.45) is 1.93. The molecule has 3 rings (SSSR count). The molecule has 0 saturated carbocycles. The molecule has 25 heavy (non-hydrogen) atoms. The lowest BCUT2D eigenvalue weighted by Gasteiger charge is -2.19. The van der Waals surface area contributed by atoms with Crippen molar-refractivity contribution in [3.05, 3.63) is 29.8 Å². The van der Waals surface area contributed by atoms with E-state index >= 15 is 0 Å². The van der Waals surface area contributed by atoms with Crippen LogP contribution in [0.2, 0.25) is 0 Å². The molecule has 1 aromatic rings. The molecule has 7 nitrogen and oxygen atoms in total. The van der Waals surface area contributed by atoms with Crippen LogP contribution in [0.25, 0.3) is 0 Å². The van der Waals surface area contributed by atoms with Crippen LogP contribution >= 0.6 is 0 Å². The van der Waals surface area contributed by atoms with Gasteiger partial charge < -0.3 is 10.1 Å². The van der Waals surface area contributed by atoms with E-state index in [4.69, 9.17) is 4.74 Å². The van der Waals surface area contributed by atoms with E-state index in [0.717, 1.165) is 23.3 Å². The van der Waals surface area contributed by atoms with E-state index in [2.05, 4.69) is 5.32 Å². The summed E-state index contributed by atoms with van der Waals surface area (Å²) in [5, 5.41) is 2.74. The third-order valence-electron chi connectivity index (χ3n) is 4.61. The van der Waals surface area contributed by atoms with Crippen molar-refractivity contribution >= 4 is 23.5 Å². The van der Waals surface area contributed by atoms with Gasteiger partial charge >= 0.3 is 6.03 Å². The summed E-state index contributed by atoms with van der Waals surface area (Å²) in [5.74, 6) is -0.715. The summed E-state index contributed by atoms with van der Waals surface area (Å²) in [4.78, 5) is 39.6. The Morgan fingerprint density at radius 2 is 2.00 bits per heavy atom. The highest BCUT2D eigenvalue weighted by Gasteiger charge is 2.44. The Morgan fingerprint density at radius 1 is 1.28 bits per heavy atom. The van der Waals surface area contributed by atoms with Gasteiger partial charge in [0.2, 0.25) is 5.91 Å². The Bertz CT molecular complexity index is 667. The van der Waals surface area contributed by atoms with Crippen molar-refractivity contribution < 1.29 is 19.1 Å². The summed E-state index contributed by atoms with van der Waals surface area (Å²) in [5.41, 5.74) is 1.72. The number of rotatable bonds is 5. The molecule has 0 spiro atoms. The van der Waals surface area contributed by atoms with Crippen LogP contribution in [0.5, 0.6) is 0 Å². The second-order valence-electron chi connectivity index (χ2n) is 6.53. The van der Waals surface area contributed by atoms with Gasteiger partial charge in [-0.2, -0.15) is 0 Å². The molecule has 2 atom stereocenters. The summed E-state index contributed by atoms with van der Waals surface area (Å²) in [7, 11) is 0. The lowest BCUT2D eigenvalue weighted by Crippen LogP contribution is -2.43. The van der Waals surface area contributed by atoms with Crippen molar-refractivity contribution in [3.63, 3.8) is 0 Å². The number of hydrogen-bond donors (Lipinski definition) is 1. The Kier molecular flexibility index (Phi) is 5.03.